The number of carbonyl (C=O) groups is 7. The third-order valence-electron chi connectivity index (χ3n) is 20.9. The Hall–Kier alpha value is -3.75. The number of likely N-dealkylation sites (tertiary alicyclic amines) is 1. The minimum absolute atomic E-state index is 0.0234. The van der Waals surface area contributed by atoms with Gasteiger partial charge >= 0.3 is 41.9 Å². The predicted molar refractivity (Wildman–Crippen MR) is 254 cm³/mol. The number of aliphatic hydroxyl groups excluding tert-OH is 1. The number of fused-ring (bicyclic) bond motifs is 8. The van der Waals surface area contributed by atoms with Crippen molar-refractivity contribution in [3.05, 3.63) is 0 Å². The zero-order valence-corrected chi connectivity index (χ0v) is 43.3. The Kier molecular flexibility index (Phi) is 13.5. The van der Waals surface area contributed by atoms with Gasteiger partial charge in [-0.3, -0.25) is 28.8 Å². The first-order valence-corrected chi connectivity index (χ1v) is 27.7. The number of piperidine rings is 1. The number of aliphatic carboxylic acids is 1. The number of carboxylic acids is 1. The van der Waals surface area contributed by atoms with E-state index in [9.17, 15) is 43.8 Å². The highest BCUT2D eigenvalue weighted by molar-refractivity contribution is 5.96. The van der Waals surface area contributed by atoms with Crippen LogP contribution in [0.5, 0.6) is 0 Å². The Morgan fingerprint density at radius 2 is 1.08 bits per heavy atom. The average molecular weight is 992 g/mol. The van der Waals surface area contributed by atoms with Gasteiger partial charge < -0.3 is 38.8 Å². The molecule has 10 aliphatic rings. The lowest BCUT2D eigenvalue weighted by molar-refractivity contribution is -0.165. The smallest absolute Gasteiger partial charge is 0.410 e. The second kappa shape index (κ2) is 18.9. The van der Waals surface area contributed by atoms with Crippen molar-refractivity contribution in [3.63, 3.8) is 0 Å². The van der Waals surface area contributed by atoms with Gasteiger partial charge in [-0.05, 0) is 207 Å². The van der Waals surface area contributed by atoms with Gasteiger partial charge in [0.25, 0.3) is 0 Å². The molecule has 10 fully saturated rings. The number of amides is 1. The molecule has 8 aliphatic carbocycles. The molecule has 0 aromatic heterocycles. The Morgan fingerprint density at radius 1 is 0.592 bits per heavy atom. The van der Waals surface area contributed by atoms with Crippen LogP contribution in [0.15, 0.2) is 0 Å². The highest BCUT2D eigenvalue weighted by atomic mass is 16.6. The fourth-order valence-electron chi connectivity index (χ4n) is 19.1. The Balaban J connectivity index is 0.972. The largest absolute Gasteiger partial charge is 0.481 e. The van der Waals surface area contributed by atoms with Crippen molar-refractivity contribution in [1.29, 1.82) is 0 Å². The molecule has 2 N–H and O–H groups in total. The number of nitrogens with zero attached hydrogens (tertiary/aromatic N) is 1. The summed E-state index contributed by atoms with van der Waals surface area (Å²) >= 11 is 0. The molecule has 0 radical (unpaired) electrons. The molecule has 8 saturated carbocycles. The van der Waals surface area contributed by atoms with Crippen molar-refractivity contribution < 1.29 is 67.5 Å². The third kappa shape index (κ3) is 8.90. The number of carboxylic acid groups (broad SMARTS) is 1. The molecule has 394 valence electrons. The Bertz CT molecular complexity index is 2130. The lowest BCUT2D eigenvalue weighted by atomic mass is 9.51. The molecule has 15 nitrogen and oxygen atoms in total. The van der Waals surface area contributed by atoms with E-state index in [1.165, 1.54) is 0 Å². The molecule has 0 aromatic rings. The summed E-state index contributed by atoms with van der Waals surface area (Å²) in [6.45, 7) is 15.7. The molecule has 1 amide bonds. The first kappa shape index (κ1) is 50.8. The van der Waals surface area contributed by atoms with E-state index in [0.717, 1.165) is 44.9 Å². The van der Waals surface area contributed by atoms with Gasteiger partial charge in [0, 0.05) is 19.0 Å². The molecule has 23 unspecified atom stereocenters. The zero-order valence-electron chi connectivity index (χ0n) is 43.3. The maximum Gasteiger partial charge on any atom is 0.410 e. The van der Waals surface area contributed by atoms with Crippen molar-refractivity contribution in [2.24, 2.45) is 130 Å². The first-order valence-electron chi connectivity index (χ1n) is 27.7. The number of carbonyl (C=O) groups excluding carboxylic acids is 6. The minimum Gasteiger partial charge on any atom is -0.481 e. The molecule has 2 heterocycles. The van der Waals surface area contributed by atoms with Crippen molar-refractivity contribution >= 4 is 41.9 Å². The van der Waals surface area contributed by atoms with E-state index in [1.807, 2.05) is 41.5 Å². The number of hydrogen-bond donors (Lipinski definition) is 2. The van der Waals surface area contributed by atoms with Gasteiger partial charge in [-0.15, -0.1) is 0 Å². The molecule has 10 rings (SSSR count). The number of ether oxygens (including phenoxy) is 5. The van der Waals surface area contributed by atoms with Gasteiger partial charge in [0.1, 0.15) is 17.8 Å². The number of hydrogen-bond acceptors (Lipinski definition) is 13. The van der Waals surface area contributed by atoms with Crippen LogP contribution < -0.4 is 0 Å². The number of rotatable bonds is 13. The first-order chi connectivity index (χ1) is 33.6. The van der Waals surface area contributed by atoms with Crippen LogP contribution in [-0.4, -0.2) is 101 Å². The number of esters is 5. The Morgan fingerprint density at radius 3 is 1.63 bits per heavy atom. The molecule has 15 heteroatoms. The maximum atomic E-state index is 14.5. The Labute approximate surface area is 419 Å². The van der Waals surface area contributed by atoms with Crippen molar-refractivity contribution in [1.82, 2.24) is 4.90 Å². The molecule has 71 heavy (non-hydrogen) atoms. The van der Waals surface area contributed by atoms with Gasteiger partial charge in [0.15, 0.2) is 0 Å². The van der Waals surface area contributed by atoms with Crippen LogP contribution in [0.3, 0.4) is 0 Å². The van der Waals surface area contributed by atoms with Crippen LogP contribution >= 0.6 is 0 Å². The van der Waals surface area contributed by atoms with E-state index in [0.29, 0.717) is 50.5 Å². The molecule has 0 aromatic carbocycles. The summed E-state index contributed by atoms with van der Waals surface area (Å²) in [6, 6.07) is -0.128. The molecule has 2 saturated heterocycles. The molecule has 2 aliphatic heterocycles. The highest BCUT2D eigenvalue weighted by Crippen LogP contribution is 2.75. The van der Waals surface area contributed by atoms with E-state index in [1.54, 1.807) is 11.8 Å². The van der Waals surface area contributed by atoms with Gasteiger partial charge in [-0.25, -0.2) is 4.79 Å². The van der Waals surface area contributed by atoms with Crippen LogP contribution in [0, 0.1) is 130 Å². The summed E-state index contributed by atoms with van der Waals surface area (Å²) in [7, 11) is 0. The van der Waals surface area contributed by atoms with E-state index >= 15 is 0 Å². The van der Waals surface area contributed by atoms with E-state index in [4.69, 9.17) is 23.7 Å². The highest BCUT2D eigenvalue weighted by Gasteiger charge is 2.72. The summed E-state index contributed by atoms with van der Waals surface area (Å²) in [5, 5.41) is 20.6. The summed E-state index contributed by atoms with van der Waals surface area (Å²) < 4.78 is 29.1. The minimum atomic E-state index is -0.814. The van der Waals surface area contributed by atoms with Crippen molar-refractivity contribution in [2.75, 3.05) is 26.4 Å². The maximum absolute atomic E-state index is 14.5. The topological polar surface area (TPSA) is 209 Å². The second-order valence-corrected chi connectivity index (χ2v) is 26.5. The van der Waals surface area contributed by atoms with Crippen LogP contribution in [0.2, 0.25) is 0 Å². The molecule has 0 spiro atoms. The van der Waals surface area contributed by atoms with Crippen LogP contribution in [0.4, 0.5) is 4.79 Å². The lowest BCUT2D eigenvalue weighted by Crippen LogP contribution is -2.52. The van der Waals surface area contributed by atoms with Crippen LogP contribution in [-0.2, 0) is 52.5 Å². The monoisotopic (exact) mass is 992 g/mol. The van der Waals surface area contributed by atoms with E-state index < -0.39 is 58.7 Å². The quantitative estimate of drug-likeness (QED) is 0.104. The molecular weight excluding hydrogens is 911 g/mol. The molecule has 8 bridgehead atoms. The number of cyclic esters (lactones) is 2. The fourth-order valence-corrected chi connectivity index (χ4v) is 19.1. The van der Waals surface area contributed by atoms with Crippen molar-refractivity contribution in [3.8, 4) is 0 Å². The second-order valence-electron chi connectivity index (χ2n) is 26.5. The summed E-state index contributed by atoms with van der Waals surface area (Å²) in [6.07, 6.45) is 8.50. The normalized spacial score (nSPS) is 45.1. The molecular formula is C56H81NO14. The van der Waals surface area contributed by atoms with E-state index in [-0.39, 0.29) is 139 Å². The summed E-state index contributed by atoms with van der Waals surface area (Å²) in [5.41, 5.74) is -1.26. The predicted octanol–water partition coefficient (Wildman–Crippen LogP) is 7.58. The van der Waals surface area contributed by atoms with Crippen LogP contribution in [0.25, 0.3) is 0 Å². The van der Waals surface area contributed by atoms with Gasteiger partial charge in [0.2, 0.25) is 0 Å². The van der Waals surface area contributed by atoms with Gasteiger partial charge in [-0.1, -0.05) is 13.8 Å². The summed E-state index contributed by atoms with van der Waals surface area (Å²) in [5.74, 6) is -5.47. The fraction of sp³-hybridized carbons (Fsp3) is 0.875. The van der Waals surface area contributed by atoms with Crippen LogP contribution in [0.1, 0.15) is 132 Å². The SMILES string of the molecule is CC1C(=O)OC(=O)C1C1C2CC(CC2C(=O)OCCC2CCCCN2C(=O)OC(C)(C)C)C1C1C2CC(CC2C(=O)O)C1C1C2CC(CC2C(=O)OCCO)C1C1C(C)C2CC(C(=O)OC(C)(C)C)C1C2. The average Bonchev–Trinajstić information content (AvgIpc) is 4.17. The standard InChI is InChI=1S/C56H81NO14/c1-25-27-17-33(39(18-27)52(64)70-55(3,4)5)40(25)42-29-20-35(38(23-29)51(63)68-16-14-58)47(42)44-28-19-32(36(22-28)48(59)60)46(44)43-30-21-34(45(43)41-26(2)49(61)69-53(41)65)37(24-30)50(62)67-15-12-31-11-9-10-13-57(31)54(66)71-56(6,7)8/h25-47,58H,9-24H2,1-8H3,(H,59,60). The number of aliphatic hydroxyl groups is 1. The summed E-state index contributed by atoms with van der Waals surface area (Å²) in [4.78, 5) is 98.3. The van der Waals surface area contributed by atoms with Crippen molar-refractivity contribution in [2.45, 2.75) is 150 Å². The molecule has 23 atom stereocenters. The zero-order chi connectivity index (χ0) is 50.7. The van der Waals surface area contributed by atoms with E-state index in [2.05, 4.69) is 6.92 Å². The lowest BCUT2D eigenvalue weighted by Gasteiger charge is -2.53. The van der Waals surface area contributed by atoms with Gasteiger partial charge in [0.05, 0.1) is 48.7 Å². The third-order valence-corrected chi connectivity index (χ3v) is 20.9. The van der Waals surface area contributed by atoms with Gasteiger partial charge in [-0.2, -0.15) is 0 Å².